The molecule has 1 fully saturated rings. The van der Waals surface area contributed by atoms with Crippen LogP contribution in [0.25, 0.3) is 0 Å². The Bertz CT molecular complexity index is 514. The lowest BCUT2D eigenvalue weighted by Gasteiger charge is -2.22. The molecule has 0 aromatic heterocycles. The topological polar surface area (TPSA) is 65.2 Å². The molecule has 0 aliphatic heterocycles. The van der Waals surface area contributed by atoms with Gasteiger partial charge in [-0.25, -0.2) is 0 Å². The number of hydrogen-bond acceptors (Lipinski definition) is 4. The van der Waals surface area contributed by atoms with E-state index in [0.717, 1.165) is 18.4 Å². The summed E-state index contributed by atoms with van der Waals surface area (Å²) in [4.78, 5) is 0. The van der Waals surface area contributed by atoms with Crippen molar-refractivity contribution in [1.82, 2.24) is 0 Å². The van der Waals surface area contributed by atoms with Crippen molar-refractivity contribution in [1.29, 1.82) is 0 Å². The zero-order chi connectivity index (χ0) is 15.8. The lowest BCUT2D eigenvalue weighted by Crippen LogP contribution is -2.16. The van der Waals surface area contributed by atoms with Crippen LogP contribution in [0, 0.1) is 0 Å². The third kappa shape index (κ3) is 4.09. The van der Waals surface area contributed by atoms with Gasteiger partial charge in [-0.05, 0) is 37.2 Å². The molecule has 0 saturated heterocycles. The van der Waals surface area contributed by atoms with Gasteiger partial charge in [0, 0.05) is 5.56 Å². The van der Waals surface area contributed by atoms with E-state index in [1.54, 1.807) is 0 Å². The lowest BCUT2D eigenvalue weighted by atomic mass is 9.83. The molecule has 0 radical (unpaired) electrons. The second kappa shape index (κ2) is 8.57. The van der Waals surface area contributed by atoms with E-state index < -0.39 is 0 Å². The van der Waals surface area contributed by atoms with Crippen LogP contribution in [-0.4, -0.2) is 21.8 Å². The average Bonchev–Trinajstić information content (AvgIpc) is 2.59. The predicted octanol–water partition coefficient (Wildman–Crippen LogP) is 4.93. The first-order valence-corrected chi connectivity index (χ1v) is 8.33. The molecule has 4 nitrogen and oxygen atoms in total. The van der Waals surface area contributed by atoms with E-state index in [0.29, 0.717) is 23.8 Å². The summed E-state index contributed by atoms with van der Waals surface area (Å²) in [7, 11) is 0. The number of unbranched alkanes of at least 4 members (excludes halogenated alkanes) is 1. The Kier molecular flexibility index (Phi) is 6.44. The maximum absolute atomic E-state index is 9.29. The van der Waals surface area contributed by atoms with Crippen LogP contribution in [0.15, 0.2) is 34.6 Å². The Morgan fingerprint density at radius 2 is 1.73 bits per heavy atom. The summed E-state index contributed by atoms with van der Waals surface area (Å²) in [6.45, 7) is 2.07. The van der Waals surface area contributed by atoms with E-state index in [1.165, 1.54) is 37.7 Å². The molecule has 0 heterocycles. The highest BCUT2D eigenvalue weighted by Crippen LogP contribution is 2.32. The largest absolute Gasteiger partial charge is 0.411 e. The summed E-state index contributed by atoms with van der Waals surface area (Å²) in [6.07, 6.45) is 9.01. The van der Waals surface area contributed by atoms with E-state index in [1.807, 2.05) is 12.1 Å². The Morgan fingerprint density at radius 3 is 2.27 bits per heavy atom. The Hall–Kier alpha value is -1.84. The minimum atomic E-state index is 0.367. The second-order valence-corrected chi connectivity index (χ2v) is 6.06. The highest BCUT2D eigenvalue weighted by atomic mass is 16.4. The molecule has 4 heteroatoms. The molecule has 120 valence electrons. The van der Waals surface area contributed by atoms with Gasteiger partial charge in [-0.3, -0.25) is 0 Å². The molecule has 1 aliphatic carbocycles. The summed E-state index contributed by atoms with van der Waals surface area (Å²) in [5.41, 5.74) is 2.96. The second-order valence-electron chi connectivity index (χ2n) is 6.06. The number of benzene rings is 1. The third-order valence-electron chi connectivity index (χ3n) is 4.52. The quantitative estimate of drug-likeness (QED) is 0.444. The molecule has 0 spiro atoms. The van der Waals surface area contributed by atoms with Crippen molar-refractivity contribution in [3.8, 4) is 0 Å². The van der Waals surface area contributed by atoms with Gasteiger partial charge in [-0.1, -0.05) is 67.2 Å². The molecule has 0 bridgehead atoms. The molecule has 0 unspecified atom stereocenters. The van der Waals surface area contributed by atoms with Crippen LogP contribution in [0.2, 0.25) is 0 Å². The van der Waals surface area contributed by atoms with E-state index in [9.17, 15) is 5.21 Å². The van der Waals surface area contributed by atoms with E-state index in [-0.39, 0.29) is 0 Å². The first kappa shape index (κ1) is 16.5. The average molecular weight is 302 g/mol. The van der Waals surface area contributed by atoms with Crippen molar-refractivity contribution in [3.63, 3.8) is 0 Å². The summed E-state index contributed by atoms with van der Waals surface area (Å²) in [5, 5.41) is 25.1. The number of hydrogen-bond donors (Lipinski definition) is 2. The van der Waals surface area contributed by atoms with Crippen molar-refractivity contribution in [2.45, 2.75) is 64.2 Å². The summed E-state index contributed by atoms with van der Waals surface area (Å²) in [5.74, 6) is 0.656. The predicted molar refractivity (Wildman–Crippen MR) is 89.3 cm³/mol. The van der Waals surface area contributed by atoms with Gasteiger partial charge in [0.2, 0.25) is 0 Å². The number of rotatable bonds is 6. The first-order chi connectivity index (χ1) is 10.8. The van der Waals surface area contributed by atoms with Crippen molar-refractivity contribution in [2.24, 2.45) is 10.3 Å². The Morgan fingerprint density at radius 1 is 1.05 bits per heavy atom. The zero-order valence-corrected chi connectivity index (χ0v) is 13.3. The van der Waals surface area contributed by atoms with Crippen LogP contribution in [-0.2, 0) is 0 Å². The van der Waals surface area contributed by atoms with Crippen LogP contribution < -0.4 is 0 Å². The third-order valence-corrected chi connectivity index (χ3v) is 4.52. The van der Waals surface area contributed by atoms with Gasteiger partial charge in [-0.15, -0.1) is 0 Å². The first-order valence-electron chi connectivity index (χ1n) is 8.33. The summed E-state index contributed by atoms with van der Waals surface area (Å²) >= 11 is 0. The van der Waals surface area contributed by atoms with Gasteiger partial charge >= 0.3 is 0 Å². The van der Waals surface area contributed by atoms with E-state index in [4.69, 9.17) is 5.21 Å². The smallest absolute Gasteiger partial charge is 0.134 e. The van der Waals surface area contributed by atoms with Crippen molar-refractivity contribution >= 4 is 11.4 Å². The van der Waals surface area contributed by atoms with Gasteiger partial charge in [-0.2, -0.15) is 0 Å². The Balaban J connectivity index is 2.13. The maximum Gasteiger partial charge on any atom is 0.134 e. The SMILES string of the molecule is CCCCC(=N\O)/C(=N\O)c1ccc(C2CCCCC2)cc1. The highest BCUT2D eigenvalue weighted by molar-refractivity contribution is 6.48. The minimum absolute atomic E-state index is 0.367. The summed E-state index contributed by atoms with van der Waals surface area (Å²) in [6, 6.07) is 8.17. The van der Waals surface area contributed by atoms with Crippen LogP contribution in [0.3, 0.4) is 0 Å². The Labute approximate surface area is 132 Å². The molecule has 1 aromatic carbocycles. The number of nitrogens with zero attached hydrogens (tertiary/aromatic N) is 2. The van der Waals surface area contributed by atoms with E-state index >= 15 is 0 Å². The van der Waals surface area contributed by atoms with Crippen molar-refractivity contribution in [3.05, 3.63) is 35.4 Å². The van der Waals surface area contributed by atoms with E-state index in [2.05, 4.69) is 29.4 Å². The molecule has 22 heavy (non-hydrogen) atoms. The fourth-order valence-corrected chi connectivity index (χ4v) is 3.19. The fraction of sp³-hybridized carbons (Fsp3) is 0.556. The molecule has 0 atom stereocenters. The summed E-state index contributed by atoms with van der Waals surface area (Å²) < 4.78 is 0. The maximum atomic E-state index is 9.29. The van der Waals surface area contributed by atoms with Crippen LogP contribution in [0.1, 0.15) is 75.3 Å². The molecule has 0 amide bonds. The molecular formula is C18H26N2O2. The molecule has 2 rings (SSSR count). The van der Waals surface area contributed by atoms with Gasteiger partial charge in [0.25, 0.3) is 0 Å². The van der Waals surface area contributed by atoms with Crippen molar-refractivity contribution in [2.75, 3.05) is 0 Å². The molecule has 2 N–H and O–H groups in total. The van der Waals surface area contributed by atoms with Crippen LogP contribution in [0.5, 0.6) is 0 Å². The monoisotopic (exact) mass is 302 g/mol. The molecule has 1 aromatic rings. The normalized spacial score (nSPS) is 17.7. The van der Waals surface area contributed by atoms with Gasteiger partial charge in [0.05, 0.1) is 0 Å². The number of oxime groups is 2. The lowest BCUT2D eigenvalue weighted by molar-refractivity contribution is 0.313. The highest BCUT2D eigenvalue weighted by Gasteiger charge is 2.17. The minimum Gasteiger partial charge on any atom is -0.411 e. The molecule has 1 aliphatic rings. The standard InChI is InChI=1S/C18H26N2O2/c1-2-3-9-17(19-21)18(20-22)16-12-10-15(11-13-16)14-7-5-4-6-8-14/h10-14,21-22H,2-9H2,1H3/b19-17+,20-18-. The fourth-order valence-electron chi connectivity index (χ4n) is 3.19. The molecular weight excluding hydrogens is 276 g/mol. The molecule has 1 saturated carbocycles. The van der Waals surface area contributed by atoms with Crippen LogP contribution in [0.4, 0.5) is 0 Å². The van der Waals surface area contributed by atoms with Gasteiger partial charge in [0.15, 0.2) is 0 Å². The van der Waals surface area contributed by atoms with Crippen LogP contribution >= 0.6 is 0 Å². The zero-order valence-electron chi connectivity index (χ0n) is 13.3. The van der Waals surface area contributed by atoms with Gasteiger partial charge < -0.3 is 10.4 Å². The van der Waals surface area contributed by atoms with Crippen molar-refractivity contribution < 1.29 is 10.4 Å². The van der Waals surface area contributed by atoms with Gasteiger partial charge in [0.1, 0.15) is 11.4 Å².